The molecule has 0 unspecified atom stereocenters. The van der Waals surface area contributed by atoms with E-state index in [9.17, 15) is 4.79 Å². The number of guanidine groups is 1. The van der Waals surface area contributed by atoms with Crippen molar-refractivity contribution in [2.75, 3.05) is 12.4 Å². The topological polar surface area (TPSA) is 83.3 Å². The van der Waals surface area contributed by atoms with Crippen molar-refractivity contribution >= 4 is 17.6 Å². The fraction of sp³-hybridized carbons (Fsp3) is 0.450. The van der Waals surface area contributed by atoms with Crippen molar-refractivity contribution in [1.82, 2.24) is 20.4 Å². The minimum atomic E-state index is -0.0344. The van der Waals surface area contributed by atoms with Gasteiger partial charge < -0.3 is 16.0 Å². The molecule has 0 fully saturated rings. The molecule has 0 aliphatic carbocycles. The number of aryl methyl sites for hydroxylation is 2. The quantitative estimate of drug-likeness (QED) is 0.539. The van der Waals surface area contributed by atoms with Crippen LogP contribution in [0.3, 0.4) is 0 Å². The second kappa shape index (κ2) is 9.21. The largest absolute Gasteiger partial charge is 0.352 e. The fourth-order valence-electron chi connectivity index (χ4n) is 2.64. The number of rotatable bonds is 6. The van der Waals surface area contributed by atoms with E-state index in [1.807, 2.05) is 56.8 Å². The third kappa shape index (κ3) is 5.57. The van der Waals surface area contributed by atoms with Gasteiger partial charge in [-0.2, -0.15) is 5.10 Å². The molecule has 0 saturated heterocycles. The number of benzene rings is 1. The zero-order chi connectivity index (χ0) is 20.0. The zero-order valence-corrected chi connectivity index (χ0v) is 17.1. The molecule has 1 aromatic carbocycles. The molecule has 0 saturated carbocycles. The van der Waals surface area contributed by atoms with Gasteiger partial charge in [-0.1, -0.05) is 26.0 Å². The van der Waals surface area contributed by atoms with Gasteiger partial charge >= 0.3 is 0 Å². The molecular weight excluding hydrogens is 340 g/mol. The second-order valence-corrected chi connectivity index (χ2v) is 6.89. The smallest absolute Gasteiger partial charge is 0.226 e. The summed E-state index contributed by atoms with van der Waals surface area (Å²) in [6.45, 7) is 9.14. The highest BCUT2D eigenvalue weighted by molar-refractivity contribution is 5.92. The Kier molecular flexibility index (Phi) is 6.98. The molecule has 0 spiro atoms. The molecular formula is C20H30N6O. The van der Waals surface area contributed by atoms with Crippen molar-refractivity contribution in [3.8, 4) is 0 Å². The number of amides is 1. The number of aromatic nitrogens is 2. The van der Waals surface area contributed by atoms with Crippen LogP contribution >= 0.6 is 0 Å². The van der Waals surface area contributed by atoms with Crippen LogP contribution in [0.5, 0.6) is 0 Å². The molecule has 146 valence electrons. The molecule has 0 radical (unpaired) electrons. The number of carbonyl (C=O) groups excluding carboxylic acids is 1. The fourth-order valence-corrected chi connectivity index (χ4v) is 2.64. The maximum absolute atomic E-state index is 11.7. The summed E-state index contributed by atoms with van der Waals surface area (Å²) in [6, 6.07) is 7.81. The highest BCUT2D eigenvalue weighted by Gasteiger charge is 2.10. The summed E-state index contributed by atoms with van der Waals surface area (Å²) in [6.07, 6.45) is 0. The minimum absolute atomic E-state index is 0.0199. The van der Waals surface area contributed by atoms with Gasteiger partial charge in [-0.05, 0) is 31.5 Å². The Morgan fingerprint density at radius 2 is 1.78 bits per heavy atom. The Morgan fingerprint density at radius 3 is 2.30 bits per heavy atom. The summed E-state index contributed by atoms with van der Waals surface area (Å²) in [5.74, 6) is 0.717. The summed E-state index contributed by atoms with van der Waals surface area (Å²) in [5.41, 5.74) is 5.27. The highest BCUT2D eigenvalue weighted by Crippen LogP contribution is 2.12. The van der Waals surface area contributed by atoms with E-state index in [1.165, 1.54) is 5.56 Å². The van der Waals surface area contributed by atoms with Crippen molar-refractivity contribution in [1.29, 1.82) is 0 Å². The van der Waals surface area contributed by atoms with E-state index in [4.69, 9.17) is 0 Å². The lowest BCUT2D eigenvalue weighted by Crippen LogP contribution is -2.36. The predicted molar refractivity (Wildman–Crippen MR) is 110 cm³/mol. The number of nitrogens with zero attached hydrogens (tertiary/aromatic N) is 3. The van der Waals surface area contributed by atoms with Gasteiger partial charge in [0, 0.05) is 50.0 Å². The van der Waals surface area contributed by atoms with Crippen LogP contribution < -0.4 is 16.0 Å². The Balaban J connectivity index is 1.87. The molecule has 3 N–H and O–H groups in total. The number of carbonyl (C=O) groups is 1. The van der Waals surface area contributed by atoms with Crippen LogP contribution in [0.2, 0.25) is 0 Å². The molecule has 0 atom stereocenters. The van der Waals surface area contributed by atoms with Crippen molar-refractivity contribution < 1.29 is 4.79 Å². The van der Waals surface area contributed by atoms with E-state index in [0.29, 0.717) is 13.1 Å². The van der Waals surface area contributed by atoms with E-state index < -0.39 is 0 Å². The lowest BCUT2D eigenvalue weighted by Gasteiger charge is -2.13. The van der Waals surface area contributed by atoms with Crippen LogP contribution in [0.15, 0.2) is 29.3 Å². The maximum atomic E-state index is 11.7. The van der Waals surface area contributed by atoms with Gasteiger partial charge in [-0.3, -0.25) is 14.5 Å². The Bertz CT molecular complexity index is 805. The third-order valence-corrected chi connectivity index (χ3v) is 4.52. The molecule has 7 nitrogen and oxygen atoms in total. The minimum Gasteiger partial charge on any atom is -0.352 e. The van der Waals surface area contributed by atoms with E-state index in [-0.39, 0.29) is 11.8 Å². The second-order valence-electron chi connectivity index (χ2n) is 6.89. The average molecular weight is 371 g/mol. The van der Waals surface area contributed by atoms with Crippen molar-refractivity contribution in [3.05, 3.63) is 46.8 Å². The summed E-state index contributed by atoms with van der Waals surface area (Å²) < 4.78 is 1.89. The molecule has 27 heavy (non-hydrogen) atoms. The molecule has 1 heterocycles. The number of aliphatic imine (C=N–C) groups is 1. The lowest BCUT2D eigenvalue weighted by molar-refractivity contribution is -0.118. The van der Waals surface area contributed by atoms with E-state index in [1.54, 1.807) is 7.05 Å². The number of hydrogen-bond donors (Lipinski definition) is 3. The van der Waals surface area contributed by atoms with Gasteiger partial charge in [-0.15, -0.1) is 0 Å². The van der Waals surface area contributed by atoms with Gasteiger partial charge in [0.05, 0.1) is 5.69 Å². The summed E-state index contributed by atoms with van der Waals surface area (Å²) in [5, 5.41) is 14.0. The first-order chi connectivity index (χ1) is 12.8. The third-order valence-electron chi connectivity index (χ3n) is 4.52. The number of nitrogens with one attached hydrogen (secondary N) is 3. The van der Waals surface area contributed by atoms with Crippen molar-refractivity contribution in [3.63, 3.8) is 0 Å². The average Bonchev–Trinajstić information content (AvgIpc) is 2.88. The first-order valence-corrected chi connectivity index (χ1v) is 9.15. The first-order valence-electron chi connectivity index (χ1n) is 9.15. The van der Waals surface area contributed by atoms with Crippen LogP contribution in [0, 0.1) is 19.8 Å². The van der Waals surface area contributed by atoms with Crippen molar-refractivity contribution in [2.45, 2.75) is 40.8 Å². The highest BCUT2D eigenvalue weighted by atomic mass is 16.1. The predicted octanol–water partition coefficient (Wildman–Crippen LogP) is 2.50. The number of hydrogen-bond acceptors (Lipinski definition) is 3. The first kappa shape index (κ1) is 20.5. The molecule has 1 aromatic heterocycles. The summed E-state index contributed by atoms with van der Waals surface area (Å²) in [4.78, 5) is 16.0. The van der Waals surface area contributed by atoms with E-state index in [0.717, 1.165) is 28.6 Å². The van der Waals surface area contributed by atoms with Crippen LogP contribution in [0.4, 0.5) is 5.69 Å². The number of anilines is 1. The summed E-state index contributed by atoms with van der Waals surface area (Å²) in [7, 11) is 3.70. The maximum Gasteiger partial charge on any atom is 0.226 e. The summed E-state index contributed by atoms with van der Waals surface area (Å²) >= 11 is 0. The SMILES string of the molecule is CN=C(NCc1ccc(NC(=O)C(C)C)cc1)NCc1c(C)nn(C)c1C. The molecule has 0 aliphatic heterocycles. The van der Waals surface area contributed by atoms with Gasteiger partial charge in [0.25, 0.3) is 0 Å². The molecule has 7 heteroatoms. The van der Waals surface area contributed by atoms with Gasteiger partial charge in [0.1, 0.15) is 0 Å². The molecule has 0 aliphatic rings. The molecule has 2 aromatic rings. The Morgan fingerprint density at radius 1 is 1.15 bits per heavy atom. The van der Waals surface area contributed by atoms with E-state index >= 15 is 0 Å². The van der Waals surface area contributed by atoms with Crippen molar-refractivity contribution in [2.24, 2.45) is 18.0 Å². The van der Waals surface area contributed by atoms with Crippen LogP contribution in [-0.4, -0.2) is 28.7 Å². The van der Waals surface area contributed by atoms with Crippen LogP contribution in [0.25, 0.3) is 0 Å². The van der Waals surface area contributed by atoms with Crippen LogP contribution in [0.1, 0.15) is 36.4 Å². The Hall–Kier alpha value is -2.83. The van der Waals surface area contributed by atoms with E-state index in [2.05, 4.69) is 33.0 Å². The standard InChI is InChI=1S/C20H30N6O/c1-13(2)19(27)24-17-9-7-16(8-10-17)11-22-20(21-5)23-12-18-14(3)25-26(6)15(18)4/h7-10,13H,11-12H2,1-6H3,(H,24,27)(H2,21,22,23). The zero-order valence-electron chi connectivity index (χ0n) is 17.1. The monoisotopic (exact) mass is 370 g/mol. The Labute approximate surface area is 161 Å². The van der Waals surface area contributed by atoms with Gasteiger partial charge in [-0.25, -0.2) is 0 Å². The molecule has 0 bridgehead atoms. The van der Waals surface area contributed by atoms with Gasteiger partial charge in [0.2, 0.25) is 5.91 Å². The lowest BCUT2D eigenvalue weighted by atomic mass is 10.1. The molecule has 1 amide bonds. The van der Waals surface area contributed by atoms with Gasteiger partial charge in [0.15, 0.2) is 5.96 Å². The molecule has 2 rings (SSSR count). The van der Waals surface area contributed by atoms with Crippen LogP contribution in [-0.2, 0) is 24.9 Å². The normalized spacial score (nSPS) is 11.6.